The van der Waals surface area contributed by atoms with Crippen molar-refractivity contribution in [3.63, 3.8) is 0 Å². The molecule has 5 amide bonds. The predicted octanol–water partition coefficient (Wildman–Crippen LogP) is 2.26. The molecule has 2 aromatic rings. The van der Waals surface area contributed by atoms with Crippen LogP contribution < -0.4 is 36.6 Å². The Balaban J connectivity index is 2.23. The Morgan fingerprint density at radius 2 is 1.39 bits per heavy atom. The van der Waals surface area contributed by atoms with Crippen molar-refractivity contribution in [1.29, 1.82) is 0 Å². The lowest BCUT2D eigenvalue weighted by Crippen LogP contribution is -2.58. The standard InChI is InChI=1S/C38H59N7O6/c1-9-26(7)33(44-35(47)29-18-20-45(51)21-19-29)38(50)42-31(17-16-28-14-12-11-13-15-28)36(48)41-30(22-24(3)4)23-40-27(8)34(46)43-32(25(5)6)37(49)39-10-2/h11-15,18-21,24-27,30-33,40H,9-10,16-17,22-23H2,1-8H3,(H5-,39,41,42,43,44,46,47,48,49,50,51)/p+1/t26-,27-,30-,31-,32-,33-/m0/s1. The maximum atomic E-state index is 14.0. The number of amides is 5. The normalized spacial score (nSPS) is 14.8. The van der Waals surface area contributed by atoms with Crippen LogP contribution in [0.2, 0.25) is 0 Å². The maximum Gasteiger partial charge on any atom is 0.252 e. The van der Waals surface area contributed by atoms with Gasteiger partial charge in [0.1, 0.15) is 18.1 Å². The number of nitrogens with zero attached hydrogens (tertiary/aromatic N) is 1. The third kappa shape index (κ3) is 14.7. The molecule has 0 aliphatic carbocycles. The number of likely N-dealkylation sites (N-methyl/N-ethyl adjacent to an activating group) is 1. The summed E-state index contributed by atoms with van der Waals surface area (Å²) >= 11 is 0. The molecule has 51 heavy (non-hydrogen) atoms. The molecule has 1 heterocycles. The lowest BCUT2D eigenvalue weighted by atomic mass is 9.96. The summed E-state index contributed by atoms with van der Waals surface area (Å²) in [5.41, 5.74) is 1.28. The lowest BCUT2D eigenvalue weighted by Gasteiger charge is -2.29. The zero-order valence-corrected chi connectivity index (χ0v) is 31.5. The predicted molar refractivity (Wildman–Crippen MR) is 196 cm³/mol. The van der Waals surface area contributed by atoms with Crippen LogP contribution in [0.1, 0.15) is 90.6 Å². The van der Waals surface area contributed by atoms with Crippen LogP contribution >= 0.6 is 0 Å². The zero-order valence-electron chi connectivity index (χ0n) is 31.5. The van der Waals surface area contributed by atoms with Crippen molar-refractivity contribution in [2.24, 2.45) is 17.8 Å². The molecule has 0 unspecified atom stereocenters. The highest BCUT2D eigenvalue weighted by atomic mass is 16.5. The van der Waals surface area contributed by atoms with E-state index in [0.29, 0.717) is 32.2 Å². The van der Waals surface area contributed by atoms with E-state index in [0.717, 1.165) is 10.3 Å². The molecule has 0 radical (unpaired) electrons. The second-order valence-electron chi connectivity index (χ2n) is 14.0. The van der Waals surface area contributed by atoms with Crippen LogP contribution in [0.4, 0.5) is 0 Å². The number of aromatic nitrogens is 1. The molecule has 0 aliphatic rings. The van der Waals surface area contributed by atoms with Crippen LogP contribution in [-0.2, 0) is 25.6 Å². The smallest absolute Gasteiger partial charge is 0.252 e. The Bertz CT molecular complexity index is 1400. The molecule has 0 saturated heterocycles. The van der Waals surface area contributed by atoms with Gasteiger partial charge in [0.05, 0.1) is 11.6 Å². The van der Waals surface area contributed by atoms with E-state index in [2.05, 4.69) is 31.9 Å². The first-order chi connectivity index (χ1) is 24.2. The quantitative estimate of drug-likeness (QED) is 0.0767. The molecule has 282 valence electrons. The van der Waals surface area contributed by atoms with Gasteiger partial charge in [-0.2, -0.15) is 0 Å². The van der Waals surface area contributed by atoms with Crippen molar-refractivity contribution in [3.8, 4) is 0 Å². The third-order valence-electron chi connectivity index (χ3n) is 8.82. The van der Waals surface area contributed by atoms with E-state index in [1.165, 1.54) is 24.5 Å². The van der Waals surface area contributed by atoms with E-state index in [1.54, 1.807) is 6.92 Å². The van der Waals surface area contributed by atoms with Gasteiger partial charge in [0.25, 0.3) is 5.91 Å². The van der Waals surface area contributed by atoms with Gasteiger partial charge in [-0.3, -0.25) is 29.2 Å². The van der Waals surface area contributed by atoms with Crippen LogP contribution in [0.3, 0.4) is 0 Å². The average Bonchev–Trinajstić information content (AvgIpc) is 3.09. The van der Waals surface area contributed by atoms with E-state index in [4.69, 9.17) is 0 Å². The number of nitrogens with one attached hydrogen (secondary N) is 6. The summed E-state index contributed by atoms with van der Waals surface area (Å²) in [4.78, 5) is 66.5. The molecule has 0 spiro atoms. The minimum atomic E-state index is -0.919. The molecule has 2 rings (SSSR count). The molecule has 1 aromatic carbocycles. The van der Waals surface area contributed by atoms with Gasteiger partial charge in [-0.15, -0.1) is 0 Å². The topological polar surface area (TPSA) is 182 Å². The van der Waals surface area contributed by atoms with Crippen molar-refractivity contribution in [3.05, 3.63) is 66.0 Å². The van der Waals surface area contributed by atoms with Gasteiger partial charge in [0.15, 0.2) is 0 Å². The van der Waals surface area contributed by atoms with Crippen molar-refractivity contribution >= 4 is 29.5 Å². The highest BCUT2D eigenvalue weighted by Gasteiger charge is 2.32. The Hall–Kier alpha value is -4.52. The van der Waals surface area contributed by atoms with Crippen LogP contribution in [0.5, 0.6) is 0 Å². The van der Waals surface area contributed by atoms with Crippen LogP contribution in [0.25, 0.3) is 0 Å². The Kier molecular flexibility index (Phi) is 18.1. The Morgan fingerprint density at radius 3 is 1.96 bits per heavy atom. The number of carbonyl (C=O) groups is 5. The molecule has 6 atom stereocenters. The van der Waals surface area contributed by atoms with Gasteiger partial charge >= 0.3 is 0 Å². The number of hydrogen-bond acceptors (Lipinski definition) is 7. The largest absolute Gasteiger partial charge is 0.355 e. The number of rotatable bonds is 21. The van der Waals surface area contributed by atoms with E-state index in [-0.39, 0.29) is 53.6 Å². The molecular formula is C38H60N7O6+. The highest BCUT2D eigenvalue weighted by Crippen LogP contribution is 2.13. The monoisotopic (exact) mass is 710 g/mol. The van der Waals surface area contributed by atoms with E-state index in [1.807, 2.05) is 78.8 Å². The number of hydrogen-bond donors (Lipinski definition) is 7. The Morgan fingerprint density at radius 1 is 0.745 bits per heavy atom. The summed E-state index contributed by atoms with van der Waals surface area (Å²) < 4.78 is 0.819. The summed E-state index contributed by atoms with van der Waals surface area (Å²) in [5, 5.41) is 27.2. The SMILES string of the molecule is CCNC(=O)[C@@H](NC(=O)[C@H](C)NC[C@H](CC(C)C)NC(=O)[C@H](CCc1ccccc1)NC(=O)[C@@H](NC(=O)c1cc[n+](O)cc1)[C@@H](C)CC)C(C)C. The lowest BCUT2D eigenvalue weighted by molar-refractivity contribution is -0.904. The van der Waals surface area contributed by atoms with E-state index >= 15 is 0 Å². The van der Waals surface area contributed by atoms with Crippen molar-refractivity contribution in [2.75, 3.05) is 13.1 Å². The van der Waals surface area contributed by atoms with Gasteiger partial charge in [0, 0.05) is 36.0 Å². The number of aryl methyl sites for hydroxylation is 1. The first-order valence-electron chi connectivity index (χ1n) is 18.1. The minimum absolute atomic E-state index is 0.108. The van der Waals surface area contributed by atoms with E-state index < -0.39 is 36.0 Å². The molecule has 0 fully saturated rings. The minimum Gasteiger partial charge on any atom is -0.355 e. The fourth-order valence-electron chi connectivity index (χ4n) is 5.56. The van der Waals surface area contributed by atoms with E-state index in [9.17, 15) is 29.2 Å². The first kappa shape index (κ1) is 42.6. The fourth-order valence-corrected chi connectivity index (χ4v) is 5.56. The summed E-state index contributed by atoms with van der Waals surface area (Å²) in [6, 6.07) is 9.03. The third-order valence-corrected chi connectivity index (χ3v) is 8.82. The number of carbonyl (C=O) groups excluding carboxylic acids is 5. The second-order valence-corrected chi connectivity index (χ2v) is 14.0. The molecule has 0 bridgehead atoms. The number of pyridine rings is 1. The molecule has 13 nitrogen and oxygen atoms in total. The highest BCUT2D eigenvalue weighted by molar-refractivity contribution is 5.98. The maximum absolute atomic E-state index is 14.0. The van der Waals surface area contributed by atoms with Gasteiger partial charge in [-0.05, 0) is 56.4 Å². The van der Waals surface area contributed by atoms with Crippen LogP contribution in [-0.4, -0.2) is 78.0 Å². The Labute approximate surface area is 303 Å². The summed E-state index contributed by atoms with van der Waals surface area (Å²) in [6.07, 6.45) is 4.69. The van der Waals surface area contributed by atoms with Crippen molar-refractivity contribution < 1.29 is 33.9 Å². The molecule has 1 aromatic heterocycles. The first-order valence-corrected chi connectivity index (χ1v) is 18.1. The zero-order chi connectivity index (χ0) is 38.1. The molecule has 7 N–H and O–H groups in total. The molecule has 13 heteroatoms. The number of benzene rings is 1. The summed E-state index contributed by atoms with van der Waals surface area (Å²) in [5.74, 6) is -2.03. The van der Waals surface area contributed by atoms with Crippen molar-refractivity contribution in [2.45, 2.75) is 111 Å². The molecule has 0 aliphatic heterocycles. The summed E-state index contributed by atoms with van der Waals surface area (Å²) in [7, 11) is 0. The summed E-state index contributed by atoms with van der Waals surface area (Å²) in [6.45, 7) is 15.9. The molecular weight excluding hydrogens is 650 g/mol. The van der Waals surface area contributed by atoms with Gasteiger partial charge in [0.2, 0.25) is 36.0 Å². The van der Waals surface area contributed by atoms with Gasteiger partial charge < -0.3 is 31.9 Å². The van der Waals surface area contributed by atoms with Gasteiger partial charge in [-0.25, -0.2) is 0 Å². The average molecular weight is 711 g/mol. The second kappa shape index (κ2) is 21.6. The van der Waals surface area contributed by atoms with Gasteiger partial charge in [-0.1, -0.05) is 78.3 Å². The van der Waals surface area contributed by atoms with Crippen LogP contribution in [0.15, 0.2) is 54.9 Å². The molecule has 0 saturated carbocycles. The fraction of sp³-hybridized carbons (Fsp3) is 0.579. The van der Waals surface area contributed by atoms with Crippen LogP contribution in [0, 0.1) is 17.8 Å². The van der Waals surface area contributed by atoms with Crippen molar-refractivity contribution in [1.82, 2.24) is 31.9 Å².